The van der Waals surface area contributed by atoms with E-state index in [2.05, 4.69) is 19.0 Å². The molecule has 1 amide bonds. The van der Waals surface area contributed by atoms with Gasteiger partial charge >= 0.3 is 0 Å². The summed E-state index contributed by atoms with van der Waals surface area (Å²) in [6.07, 6.45) is 2.07. The van der Waals surface area contributed by atoms with E-state index in [1.54, 1.807) is 13.8 Å². The van der Waals surface area contributed by atoms with Gasteiger partial charge in [-0.05, 0) is 38.5 Å². The van der Waals surface area contributed by atoms with Crippen LogP contribution in [0.2, 0.25) is 0 Å². The Labute approximate surface area is 109 Å². The highest BCUT2D eigenvalue weighted by atomic mass is 16.4. The Morgan fingerprint density at radius 1 is 1.39 bits per heavy atom. The zero-order valence-corrected chi connectivity index (χ0v) is 11.8. The molecule has 0 radical (unpaired) electrons. The van der Waals surface area contributed by atoms with Crippen molar-refractivity contribution in [3.05, 3.63) is 0 Å². The molecule has 1 aliphatic heterocycles. The van der Waals surface area contributed by atoms with Gasteiger partial charge in [-0.15, -0.1) is 0 Å². The van der Waals surface area contributed by atoms with Crippen LogP contribution >= 0.6 is 0 Å². The van der Waals surface area contributed by atoms with Gasteiger partial charge in [0, 0.05) is 13.1 Å². The van der Waals surface area contributed by atoms with E-state index < -0.39 is 5.41 Å². The van der Waals surface area contributed by atoms with Crippen LogP contribution in [0.15, 0.2) is 5.16 Å². The minimum atomic E-state index is -0.931. The van der Waals surface area contributed by atoms with Crippen molar-refractivity contribution >= 4 is 11.7 Å². The number of hydrogen-bond donors (Lipinski definition) is 2. The zero-order chi connectivity index (χ0) is 13.9. The summed E-state index contributed by atoms with van der Waals surface area (Å²) < 4.78 is 0. The molecule has 104 valence electrons. The minimum Gasteiger partial charge on any atom is -0.409 e. The highest BCUT2D eigenvalue weighted by Gasteiger charge is 2.37. The fraction of sp³-hybridized carbons (Fsp3) is 0.846. The maximum absolute atomic E-state index is 12.4. The summed E-state index contributed by atoms with van der Waals surface area (Å²) in [7, 11) is 0. The lowest BCUT2D eigenvalue weighted by Crippen LogP contribution is -2.50. The third-order valence-corrected chi connectivity index (χ3v) is 4.05. The monoisotopic (exact) mass is 255 g/mol. The number of carbonyl (C=O) groups is 1. The van der Waals surface area contributed by atoms with Crippen LogP contribution in [0.3, 0.4) is 0 Å². The Balaban J connectivity index is 2.66. The van der Waals surface area contributed by atoms with Crippen molar-refractivity contribution in [3.63, 3.8) is 0 Å². The first-order chi connectivity index (χ1) is 8.30. The average Bonchev–Trinajstić information content (AvgIpc) is 2.36. The summed E-state index contributed by atoms with van der Waals surface area (Å²) in [6.45, 7) is 9.37. The molecule has 5 nitrogen and oxygen atoms in total. The van der Waals surface area contributed by atoms with Crippen LogP contribution in [0, 0.1) is 17.3 Å². The van der Waals surface area contributed by atoms with Crippen molar-refractivity contribution in [1.82, 2.24) is 4.90 Å². The average molecular weight is 255 g/mol. The lowest BCUT2D eigenvalue weighted by molar-refractivity contribution is -0.138. The van der Waals surface area contributed by atoms with Crippen LogP contribution in [-0.2, 0) is 4.79 Å². The van der Waals surface area contributed by atoms with Gasteiger partial charge < -0.3 is 15.8 Å². The fourth-order valence-electron chi connectivity index (χ4n) is 2.40. The molecule has 0 aliphatic carbocycles. The van der Waals surface area contributed by atoms with Crippen molar-refractivity contribution in [3.8, 4) is 0 Å². The van der Waals surface area contributed by atoms with E-state index >= 15 is 0 Å². The predicted octanol–water partition coefficient (Wildman–Crippen LogP) is 1.65. The van der Waals surface area contributed by atoms with Crippen LogP contribution in [-0.4, -0.2) is 34.9 Å². The molecule has 1 aliphatic rings. The molecule has 1 fully saturated rings. The molecule has 0 aromatic carbocycles. The molecule has 1 heterocycles. The van der Waals surface area contributed by atoms with Crippen molar-refractivity contribution < 1.29 is 10.0 Å². The van der Waals surface area contributed by atoms with Crippen LogP contribution < -0.4 is 5.73 Å². The summed E-state index contributed by atoms with van der Waals surface area (Å²) in [5, 5.41) is 11.7. The van der Waals surface area contributed by atoms with E-state index in [-0.39, 0.29) is 11.7 Å². The Kier molecular flexibility index (Phi) is 4.59. The van der Waals surface area contributed by atoms with Gasteiger partial charge in [0.2, 0.25) is 5.91 Å². The summed E-state index contributed by atoms with van der Waals surface area (Å²) >= 11 is 0. The second kappa shape index (κ2) is 5.59. The van der Waals surface area contributed by atoms with Crippen molar-refractivity contribution in [2.75, 3.05) is 13.1 Å². The molecule has 1 rings (SSSR count). The maximum atomic E-state index is 12.4. The van der Waals surface area contributed by atoms with Gasteiger partial charge in [0.25, 0.3) is 0 Å². The van der Waals surface area contributed by atoms with Gasteiger partial charge in [-0.25, -0.2) is 0 Å². The standard InChI is InChI=1S/C13H25N3O2/c1-9(2)10-5-7-16(8-6-10)12(17)13(3,4)11(14)15-18/h9-10,18H,5-8H2,1-4H3,(H2,14,15). The zero-order valence-electron chi connectivity index (χ0n) is 11.8. The molecule has 0 bridgehead atoms. The molecule has 1 saturated heterocycles. The van der Waals surface area contributed by atoms with Crippen LogP contribution in [0.4, 0.5) is 0 Å². The van der Waals surface area contributed by atoms with E-state index in [0.29, 0.717) is 11.8 Å². The number of amides is 1. The van der Waals surface area contributed by atoms with E-state index in [9.17, 15) is 4.79 Å². The van der Waals surface area contributed by atoms with Gasteiger partial charge in [0.05, 0.1) is 0 Å². The number of rotatable bonds is 3. The Morgan fingerprint density at radius 3 is 2.28 bits per heavy atom. The molecule has 0 aromatic heterocycles. The number of carbonyl (C=O) groups excluding carboxylic acids is 1. The summed E-state index contributed by atoms with van der Waals surface area (Å²) in [6, 6.07) is 0. The fourth-order valence-corrected chi connectivity index (χ4v) is 2.40. The third kappa shape index (κ3) is 2.94. The predicted molar refractivity (Wildman–Crippen MR) is 71.3 cm³/mol. The number of nitrogens with zero attached hydrogens (tertiary/aromatic N) is 2. The first-order valence-electron chi connectivity index (χ1n) is 6.58. The molecule has 0 atom stereocenters. The van der Waals surface area contributed by atoms with Gasteiger partial charge in [0.1, 0.15) is 5.41 Å². The van der Waals surface area contributed by atoms with Gasteiger partial charge in [-0.2, -0.15) is 0 Å². The first-order valence-corrected chi connectivity index (χ1v) is 6.58. The molecular weight excluding hydrogens is 230 g/mol. The molecule has 0 saturated carbocycles. The summed E-state index contributed by atoms with van der Waals surface area (Å²) in [4.78, 5) is 14.2. The molecule has 5 heteroatoms. The normalized spacial score (nSPS) is 19.4. The highest BCUT2D eigenvalue weighted by Crippen LogP contribution is 2.27. The van der Waals surface area contributed by atoms with Crippen LogP contribution in [0.25, 0.3) is 0 Å². The molecule has 18 heavy (non-hydrogen) atoms. The smallest absolute Gasteiger partial charge is 0.235 e. The number of oxime groups is 1. The van der Waals surface area contributed by atoms with E-state index in [0.717, 1.165) is 25.9 Å². The summed E-state index contributed by atoms with van der Waals surface area (Å²) in [5.74, 6) is 1.28. The third-order valence-electron chi connectivity index (χ3n) is 4.05. The Hall–Kier alpha value is -1.26. The van der Waals surface area contributed by atoms with E-state index in [1.165, 1.54) is 0 Å². The molecule has 3 N–H and O–H groups in total. The Bertz CT molecular complexity index is 329. The molecular formula is C13H25N3O2. The first kappa shape index (κ1) is 14.8. The van der Waals surface area contributed by atoms with Crippen molar-refractivity contribution in [1.29, 1.82) is 0 Å². The largest absolute Gasteiger partial charge is 0.409 e. The van der Waals surface area contributed by atoms with E-state index in [4.69, 9.17) is 10.9 Å². The molecule has 0 unspecified atom stereocenters. The van der Waals surface area contributed by atoms with Crippen molar-refractivity contribution in [2.45, 2.75) is 40.5 Å². The van der Waals surface area contributed by atoms with Gasteiger partial charge in [0.15, 0.2) is 5.84 Å². The topological polar surface area (TPSA) is 78.9 Å². The van der Waals surface area contributed by atoms with Gasteiger partial charge in [-0.3, -0.25) is 4.79 Å². The highest BCUT2D eigenvalue weighted by molar-refractivity contribution is 6.05. The lowest BCUT2D eigenvalue weighted by Gasteiger charge is -2.37. The van der Waals surface area contributed by atoms with Crippen LogP contribution in [0.5, 0.6) is 0 Å². The number of likely N-dealkylation sites (tertiary alicyclic amines) is 1. The second-order valence-corrected chi connectivity index (χ2v) is 5.98. The lowest BCUT2D eigenvalue weighted by atomic mass is 9.84. The number of amidine groups is 1. The number of hydrogen-bond acceptors (Lipinski definition) is 3. The van der Waals surface area contributed by atoms with Crippen molar-refractivity contribution in [2.24, 2.45) is 28.1 Å². The van der Waals surface area contributed by atoms with E-state index in [1.807, 2.05) is 4.90 Å². The number of nitrogens with two attached hydrogens (primary N) is 1. The molecule has 0 aromatic rings. The molecule has 0 spiro atoms. The van der Waals surface area contributed by atoms with Crippen LogP contribution in [0.1, 0.15) is 40.5 Å². The minimum absolute atomic E-state index is 0.0292. The second-order valence-electron chi connectivity index (χ2n) is 5.98. The Morgan fingerprint density at radius 2 is 1.89 bits per heavy atom. The SMILES string of the molecule is CC(C)C1CCN(C(=O)C(C)(C)C(N)=NO)CC1. The maximum Gasteiger partial charge on any atom is 0.235 e. The number of piperidine rings is 1. The van der Waals surface area contributed by atoms with Gasteiger partial charge in [-0.1, -0.05) is 19.0 Å². The summed E-state index contributed by atoms with van der Waals surface area (Å²) in [5.41, 5.74) is 4.66. The quantitative estimate of drug-likeness (QED) is 0.348.